The lowest BCUT2D eigenvalue weighted by Gasteiger charge is -2.37. The predicted molar refractivity (Wildman–Crippen MR) is 93.0 cm³/mol. The fraction of sp³-hybridized carbons (Fsp3) is 0.350. The average molecular weight is 311 g/mol. The summed E-state index contributed by atoms with van der Waals surface area (Å²) in [6.45, 7) is 7.17. The SMILES string of the molecule is CC(C)(C)[C@@H](C(=O)O)N(Cc1ccccc1)Cc1ccccc1. The Kier molecular flexibility index (Phi) is 5.56. The summed E-state index contributed by atoms with van der Waals surface area (Å²) in [7, 11) is 0. The molecule has 1 N–H and O–H groups in total. The van der Waals surface area contributed by atoms with Gasteiger partial charge in [-0.2, -0.15) is 0 Å². The van der Waals surface area contributed by atoms with Crippen LogP contribution in [0.25, 0.3) is 0 Å². The number of rotatable bonds is 6. The van der Waals surface area contributed by atoms with E-state index in [0.717, 1.165) is 11.1 Å². The molecule has 0 aromatic heterocycles. The highest BCUT2D eigenvalue weighted by Gasteiger charge is 2.36. The van der Waals surface area contributed by atoms with E-state index in [2.05, 4.69) is 0 Å². The summed E-state index contributed by atoms with van der Waals surface area (Å²) in [6.07, 6.45) is 0. The summed E-state index contributed by atoms with van der Waals surface area (Å²) < 4.78 is 0. The lowest BCUT2D eigenvalue weighted by atomic mass is 9.85. The second-order valence-corrected chi connectivity index (χ2v) is 6.98. The van der Waals surface area contributed by atoms with Crippen LogP contribution in [0, 0.1) is 5.41 Å². The third-order valence-corrected chi connectivity index (χ3v) is 3.88. The van der Waals surface area contributed by atoms with E-state index in [9.17, 15) is 9.90 Å². The molecule has 122 valence electrons. The van der Waals surface area contributed by atoms with Crippen LogP contribution in [0.3, 0.4) is 0 Å². The first kappa shape index (κ1) is 17.2. The van der Waals surface area contributed by atoms with Gasteiger partial charge in [-0.05, 0) is 16.5 Å². The molecule has 2 aromatic carbocycles. The van der Waals surface area contributed by atoms with Gasteiger partial charge in [-0.25, -0.2) is 0 Å². The van der Waals surface area contributed by atoms with Gasteiger partial charge in [0.15, 0.2) is 0 Å². The molecule has 0 aliphatic carbocycles. The Morgan fingerprint density at radius 3 is 1.61 bits per heavy atom. The molecule has 0 saturated carbocycles. The number of hydrogen-bond donors (Lipinski definition) is 1. The summed E-state index contributed by atoms with van der Waals surface area (Å²) >= 11 is 0. The predicted octanol–water partition coefficient (Wildman–Crippen LogP) is 4.19. The fourth-order valence-corrected chi connectivity index (χ4v) is 2.95. The van der Waals surface area contributed by atoms with E-state index in [1.54, 1.807) is 0 Å². The Hall–Kier alpha value is -2.13. The van der Waals surface area contributed by atoms with Gasteiger partial charge in [0.2, 0.25) is 0 Å². The van der Waals surface area contributed by atoms with Crippen molar-refractivity contribution in [3.05, 3.63) is 71.8 Å². The summed E-state index contributed by atoms with van der Waals surface area (Å²) in [5, 5.41) is 9.79. The maximum absolute atomic E-state index is 11.9. The maximum Gasteiger partial charge on any atom is 0.321 e. The molecule has 0 aliphatic heterocycles. The van der Waals surface area contributed by atoms with Gasteiger partial charge < -0.3 is 5.11 Å². The lowest BCUT2D eigenvalue weighted by molar-refractivity contribution is -0.148. The summed E-state index contributed by atoms with van der Waals surface area (Å²) in [4.78, 5) is 14.0. The lowest BCUT2D eigenvalue weighted by Crippen LogP contribution is -2.48. The smallest absolute Gasteiger partial charge is 0.321 e. The van der Waals surface area contributed by atoms with Crippen LogP contribution < -0.4 is 0 Å². The van der Waals surface area contributed by atoms with Crippen molar-refractivity contribution in [2.24, 2.45) is 5.41 Å². The van der Waals surface area contributed by atoms with E-state index in [1.807, 2.05) is 86.3 Å². The first-order valence-electron chi connectivity index (χ1n) is 7.92. The van der Waals surface area contributed by atoms with Crippen LogP contribution >= 0.6 is 0 Å². The Labute approximate surface area is 138 Å². The minimum atomic E-state index is -0.774. The molecule has 0 amide bonds. The summed E-state index contributed by atoms with van der Waals surface area (Å²) in [5.41, 5.74) is 1.90. The van der Waals surface area contributed by atoms with Crippen molar-refractivity contribution in [2.75, 3.05) is 0 Å². The molecule has 3 nitrogen and oxygen atoms in total. The van der Waals surface area contributed by atoms with E-state index in [1.165, 1.54) is 0 Å². The van der Waals surface area contributed by atoms with Crippen LogP contribution in [0.5, 0.6) is 0 Å². The minimum Gasteiger partial charge on any atom is -0.480 e. The van der Waals surface area contributed by atoms with E-state index in [4.69, 9.17) is 0 Å². The van der Waals surface area contributed by atoms with Gasteiger partial charge in [-0.15, -0.1) is 0 Å². The second-order valence-electron chi connectivity index (χ2n) is 6.98. The molecule has 0 spiro atoms. The van der Waals surface area contributed by atoms with Crippen LogP contribution in [-0.2, 0) is 17.9 Å². The third kappa shape index (κ3) is 4.93. The Morgan fingerprint density at radius 2 is 1.30 bits per heavy atom. The van der Waals surface area contributed by atoms with Crippen LogP contribution in [0.1, 0.15) is 31.9 Å². The van der Waals surface area contributed by atoms with Crippen molar-refractivity contribution in [2.45, 2.75) is 39.9 Å². The third-order valence-electron chi connectivity index (χ3n) is 3.88. The Balaban J connectivity index is 2.31. The normalized spacial score (nSPS) is 13.0. The average Bonchev–Trinajstić information content (AvgIpc) is 2.47. The second kappa shape index (κ2) is 7.42. The highest BCUT2D eigenvalue weighted by atomic mass is 16.4. The fourth-order valence-electron chi connectivity index (χ4n) is 2.95. The van der Waals surface area contributed by atoms with E-state index >= 15 is 0 Å². The van der Waals surface area contributed by atoms with Gasteiger partial charge in [-0.3, -0.25) is 9.69 Å². The first-order chi connectivity index (χ1) is 10.9. The Bertz CT molecular complexity index is 576. The number of aliphatic carboxylic acids is 1. The van der Waals surface area contributed by atoms with Crippen LogP contribution in [0.2, 0.25) is 0 Å². The van der Waals surface area contributed by atoms with Crippen LogP contribution in [0.4, 0.5) is 0 Å². The molecule has 0 heterocycles. The molecule has 0 radical (unpaired) electrons. The molecular formula is C20H25NO2. The monoisotopic (exact) mass is 311 g/mol. The molecule has 2 rings (SSSR count). The van der Waals surface area contributed by atoms with Crippen molar-refractivity contribution in [1.82, 2.24) is 4.90 Å². The molecule has 0 aliphatic rings. The molecule has 23 heavy (non-hydrogen) atoms. The molecule has 1 atom stereocenters. The van der Waals surface area contributed by atoms with Gasteiger partial charge >= 0.3 is 5.97 Å². The molecular weight excluding hydrogens is 286 g/mol. The molecule has 0 unspecified atom stereocenters. The van der Waals surface area contributed by atoms with Gasteiger partial charge in [0.1, 0.15) is 6.04 Å². The Morgan fingerprint density at radius 1 is 0.913 bits per heavy atom. The zero-order valence-electron chi connectivity index (χ0n) is 14.1. The standard InChI is InChI=1S/C20H25NO2/c1-20(2,3)18(19(22)23)21(14-16-10-6-4-7-11-16)15-17-12-8-5-9-13-17/h4-13,18H,14-15H2,1-3H3,(H,22,23)/t18-/m1/s1. The van der Waals surface area contributed by atoms with Crippen LogP contribution in [0.15, 0.2) is 60.7 Å². The van der Waals surface area contributed by atoms with Gasteiger partial charge in [-0.1, -0.05) is 81.4 Å². The van der Waals surface area contributed by atoms with Gasteiger partial charge in [0, 0.05) is 13.1 Å². The van der Waals surface area contributed by atoms with Gasteiger partial charge in [0.05, 0.1) is 0 Å². The van der Waals surface area contributed by atoms with E-state index in [-0.39, 0.29) is 5.41 Å². The molecule has 0 fully saturated rings. The molecule has 2 aromatic rings. The molecule has 0 saturated heterocycles. The van der Waals surface area contributed by atoms with Crippen molar-refractivity contribution in [3.8, 4) is 0 Å². The topological polar surface area (TPSA) is 40.5 Å². The van der Waals surface area contributed by atoms with Crippen molar-refractivity contribution < 1.29 is 9.90 Å². The molecule has 3 heteroatoms. The number of benzene rings is 2. The summed E-state index contributed by atoms with van der Waals surface area (Å²) in [6, 6.07) is 19.5. The van der Waals surface area contributed by atoms with Crippen molar-refractivity contribution in [3.63, 3.8) is 0 Å². The highest BCUT2D eigenvalue weighted by Crippen LogP contribution is 2.27. The molecule has 0 bridgehead atoms. The summed E-state index contributed by atoms with van der Waals surface area (Å²) in [5.74, 6) is -0.774. The maximum atomic E-state index is 11.9. The number of carboxylic acids is 1. The van der Waals surface area contributed by atoms with E-state index in [0.29, 0.717) is 13.1 Å². The number of hydrogen-bond acceptors (Lipinski definition) is 2. The van der Waals surface area contributed by atoms with Crippen molar-refractivity contribution >= 4 is 5.97 Å². The van der Waals surface area contributed by atoms with Crippen molar-refractivity contribution in [1.29, 1.82) is 0 Å². The first-order valence-corrected chi connectivity index (χ1v) is 7.92. The highest BCUT2D eigenvalue weighted by molar-refractivity contribution is 5.74. The largest absolute Gasteiger partial charge is 0.480 e. The number of nitrogens with zero attached hydrogens (tertiary/aromatic N) is 1. The number of carbonyl (C=O) groups is 1. The van der Waals surface area contributed by atoms with E-state index < -0.39 is 12.0 Å². The quantitative estimate of drug-likeness (QED) is 0.869. The number of carboxylic acid groups (broad SMARTS) is 1. The van der Waals surface area contributed by atoms with Crippen LogP contribution in [-0.4, -0.2) is 22.0 Å². The minimum absolute atomic E-state index is 0.352. The van der Waals surface area contributed by atoms with Gasteiger partial charge in [0.25, 0.3) is 0 Å². The zero-order chi connectivity index (χ0) is 16.9. The zero-order valence-corrected chi connectivity index (χ0v) is 14.1.